The Hall–Kier alpha value is -2.51. The van der Waals surface area contributed by atoms with Gasteiger partial charge in [0.05, 0.1) is 5.39 Å². The third-order valence-electron chi connectivity index (χ3n) is 7.16. The van der Waals surface area contributed by atoms with Crippen molar-refractivity contribution in [1.82, 2.24) is 19.8 Å². The van der Waals surface area contributed by atoms with Crippen LogP contribution in [0.25, 0.3) is 21.3 Å². The molecule has 0 N–H and O–H groups in total. The van der Waals surface area contributed by atoms with E-state index in [0.717, 1.165) is 49.8 Å². The largest absolute Gasteiger partial charge is 0.356 e. The third-order valence-corrected chi connectivity index (χ3v) is 8.04. The maximum Gasteiger partial charge on any atom is 0.219 e. The van der Waals surface area contributed by atoms with Crippen LogP contribution < -0.4 is 4.90 Å². The number of nitrogens with zero attached hydrogens (tertiary/aromatic N) is 5. The Labute approximate surface area is 193 Å². The number of amides is 1. The highest BCUT2D eigenvalue weighted by Crippen LogP contribution is 2.38. The molecular formula is C25H31N5OS. The molecule has 168 valence electrons. The van der Waals surface area contributed by atoms with E-state index < -0.39 is 0 Å². The summed E-state index contributed by atoms with van der Waals surface area (Å²) in [5.41, 5.74) is 2.46. The molecular weight excluding hydrogens is 418 g/mol. The number of thiophene rings is 1. The van der Waals surface area contributed by atoms with Gasteiger partial charge >= 0.3 is 0 Å². The van der Waals surface area contributed by atoms with Crippen LogP contribution in [0.1, 0.15) is 26.2 Å². The van der Waals surface area contributed by atoms with Gasteiger partial charge in [0.25, 0.3) is 0 Å². The molecule has 1 amide bonds. The number of likely N-dealkylation sites (tertiary alicyclic amines) is 1. The predicted octanol–water partition coefficient (Wildman–Crippen LogP) is 4.13. The maximum atomic E-state index is 11.7. The minimum Gasteiger partial charge on any atom is -0.356 e. The summed E-state index contributed by atoms with van der Waals surface area (Å²) in [6.45, 7) is 6.99. The van der Waals surface area contributed by atoms with E-state index in [9.17, 15) is 4.79 Å². The molecule has 4 heterocycles. The second-order valence-electron chi connectivity index (χ2n) is 9.16. The number of aromatic nitrogens is 2. The number of likely N-dealkylation sites (N-methyl/N-ethyl adjacent to an activating group) is 1. The number of hydrogen-bond acceptors (Lipinski definition) is 6. The van der Waals surface area contributed by atoms with Crippen molar-refractivity contribution in [1.29, 1.82) is 0 Å². The summed E-state index contributed by atoms with van der Waals surface area (Å²) in [6.07, 6.45) is 5.17. The molecule has 1 aromatic carbocycles. The molecule has 0 spiro atoms. The quantitative estimate of drug-likeness (QED) is 0.586. The molecule has 2 aromatic heterocycles. The average molecular weight is 450 g/mol. The molecule has 2 fully saturated rings. The van der Waals surface area contributed by atoms with E-state index in [0.29, 0.717) is 12.0 Å². The van der Waals surface area contributed by atoms with Crippen LogP contribution in [0.5, 0.6) is 0 Å². The van der Waals surface area contributed by atoms with E-state index in [-0.39, 0.29) is 5.91 Å². The standard InChI is InChI=1S/C25H31N5OS/c1-18(31)28(2)21-10-11-29(15-21)14-19-8-12-30(13-9-19)24-23-22(20-6-4-3-5-7-20)16-32-25(23)27-17-26-24/h3-7,16-17,19,21H,8-15H2,1-2H3. The van der Waals surface area contributed by atoms with Crippen LogP contribution in [-0.4, -0.2) is 71.5 Å². The van der Waals surface area contributed by atoms with Crippen molar-refractivity contribution in [3.8, 4) is 11.1 Å². The highest BCUT2D eigenvalue weighted by molar-refractivity contribution is 7.17. The molecule has 0 saturated carbocycles. The van der Waals surface area contributed by atoms with Crippen molar-refractivity contribution in [3.05, 3.63) is 42.0 Å². The summed E-state index contributed by atoms with van der Waals surface area (Å²) >= 11 is 1.70. The number of fused-ring (bicyclic) bond motifs is 1. The van der Waals surface area contributed by atoms with Crippen molar-refractivity contribution >= 4 is 33.3 Å². The minimum absolute atomic E-state index is 0.171. The molecule has 7 heteroatoms. The number of piperidine rings is 1. The lowest BCUT2D eigenvalue weighted by atomic mass is 9.96. The van der Waals surface area contributed by atoms with Crippen LogP contribution in [-0.2, 0) is 4.79 Å². The maximum absolute atomic E-state index is 11.7. The number of benzene rings is 1. The number of anilines is 1. The van der Waals surface area contributed by atoms with Crippen molar-refractivity contribution in [2.75, 3.05) is 44.7 Å². The van der Waals surface area contributed by atoms with E-state index in [4.69, 9.17) is 4.98 Å². The van der Waals surface area contributed by atoms with Gasteiger partial charge in [-0.1, -0.05) is 30.3 Å². The molecule has 1 atom stereocenters. The Balaban J connectivity index is 1.25. The van der Waals surface area contributed by atoms with Crippen LogP contribution in [0.4, 0.5) is 5.82 Å². The summed E-state index contributed by atoms with van der Waals surface area (Å²) in [4.78, 5) is 28.9. The van der Waals surface area contributed by atoms with E-state index in [2.05, 4.69) is 50.5 Å². The number of carbonyl (C=O) groups excluding carboxylic acids is 1. The first kappa shape index (κ1) is 21.3. The summed E-state index contributed by atoms with van der Waals surface area (Å²) in [7, 11) is 1.94. The lowest BCUT2D eigenvalue weighted by Gasteiger charge is -2.35. The van der Waals surface area contributed by atoms with Gasteiger partial charge in [-0.2, -0.15) is 0 Å². The van der Waals surface area contributed by atoms with Gasteiger partial charge in [-0.15, -0.1) is 11.3 Å². The lowest BCUT2D eigenvalue weighted by Crippen LogP contribution is -2.41. The molecule has 5 rings (SSSR count). The molecule has 3 aromatic rings. The van der Waals surface area contributed by atoms with Crippen molar-refractivity contribution in [2.24, 2.45) is 5.92 Å². The molecule has 32 heavy (non-hydrogen) atoms. The second kappa shape index (κ2) is 9.16. The van der Waals surface area contributed by atoms with Gasteiger partial charge in [0.15, 0.2) is 0 Å². The van der Waals surface area contributed by atoms with Gasteiger partial charge in [0, 0.05) is 63.7 Å². The van der Waals surface area contributed by atoms with E-state index >= 15 is 0 Å². The van der Waals surface area contributed by atoms with Crippen LogP contribution >= 0.6 is 11.3 Å². The smallest absolute Gasteiger partial charge is 0.219 e. The summed E-state index contributed by atoms with van der Waals surface area (Å²) in [5, 5.41) is 3.41. The molecule has 0 bridgehead atoms. The minimum atomic E-state index is 0.171. The molecule has 2 aliphatic heterocycles. The van der Waals surface area contributed by atoms with Crippen molar-refractivity contribution in [3.63, 3.8) is 0 Å². The topological polar surface area (TPSA) is 52.6 Å². The van der Waals surface area contributed by atoms with E-state index in [1.165, 1.54) is 29.4 Å². The van der Waals surface area contributed by atoms with E-state index in [1.54, 1.807) is 24.6 Å². The first-order valence-electron chi connectivity index (χ1n) is 11.6. The molecule has 2 saturated heterocycles. The Bertz CT molecular complexity index is 1080. The zero-order valence-corrected chi connectivity index (χ0v) is 19.7. The zero-order valence-electron chi connectivity index (χ0n) is 18.9. The first-order chi connectivity index (χ1) is 15.6. The van der Waals surface area contributed by atoms with Gasteiger partial charge in [0.2, 0.25) is 5.91 Å². The molecule has 6 nitrogen and oxygen atoms in total. The fourth-order valence-corrected chi connectivity index (χ4v) is 6.08. The Morgan fingerprint density at radius 3 is 2.66 bits per heavy atom. The number of hydrogen-bond donors (Lipinski definition) is 0. The first-order valence-corrected chi connectivity index (χ1v) is 12.5. The number of carbonyl (C=O) groups is 1. The van der Waals surface area contributed by atoms with Crippen LogP contribution in [0, 0.1) is 5.92 Å². The summed E-state index contributed by atoms with van der Waals surface area (Å²) in [6, 6.07) is 10.9. The molecule has 0 aliphatic carbocycles. The predicted molar refractivity (Wildman–Crippen MR) is 131 cm³/mol. The lowest BCUT2D eigenvalue weighted by molar-refractivity contribution is -0.129. The summed E-state index contributed by atoms with van der Waals surface area (Å²) in [5.74, 6) is 1.96. The third kappa shape index (κ3) is 4.24. The van der Waals surface area contributed by atoms with Gasteiger partial charge in [-0.05, 0) is 30.7 Å². The average Bonchev–Trinajstić information content (AvgIpc) is 3.47. The molecule has 0 radical (unpaired) electrons. The zero-order chi connectivity index (χ0) is 22.1. The summed E-state index contributed by atoms with van der Waals surface area (Å²) < 4.78 is 0. The monoisotopic (exact) mass is 449 g/mol. The molecule has 2 aliphatic rings. The fourth-order valence-electron chi connectivity index (χ4n) is 5.17. The SMILES string of the molecule is CC(=O)N(C)C1CCN(CC2CCN(c3ncnc4scc(-c5ccccc5)c34)CC2)C1. The van der Waals surface area contributed by atoms with Crippen LogP contribution in [0.2, 0.25) is 0 Å². The number of rotatable bonds is 5. The second-order valence-corrected chi connectivity index (χ2v) is 10.0. The van der Waals surface area contributed by atoms with Crippen LogP contribution in [0.3, 0.4) is 0 Å². The highest BCUT2D eigenvalue weighted by atomic mass is 32.1. The van der Waals surface area contributed by atoms with Crippen LogP contribution in [0.15, 0.2) is 42.0 Å². The fraction of sp³-hybridized carbons (Fsp3) is 0.480. The Kier molecular flexibility index (Phi) is 6.11. The van der Waals surface area contributed by atoms with E-state index in [1.807, 2.05) is 11.9 Å². The molecule has 1 unspecified atom stereocenters. The van der Waals surface area contributed by atoms with Gasteiger partial charge < -0.3 is 14.7 Å². The van der Waals surface area contributed by atoms with Gasteiger partial charge in [-0.25, -0.2) is 9.97 Å². The Morgan fingerprint density at radius 1 is 1.12 bits per heavy atom. The normalized spacial score (nSPS) is 20.2. The van der Waals surface area contributed by atoms with Crippen molar-refractivity contribution < 1.29 is 4.79 Å². The van der Waals surface area contributed by atoms with Gasteiger partial charge in [-0.3, -0.25) is 4.79 Å². The van der Waals surface area contributed by atoms with Crippen molar-refractivity contribution in [2.45, 2.75) is 32.2 Å². The highest BCUT2D eigenvalue weighted by Gasteiger charge is 2.30. The Morgan fingerprint density at radius 2 is 1.91 bits per heavy atom. The van der Waals surface area contributed by atoms with Gasteiger partial charge in [0.1, 0.15) is 17.0 Å².